The van der Waals surface area contributed by atoms with Gasteiger partial charge in [-0.05, 0) is 24.3 Å². The number of nitro benzene ring substituents is 1. The molecule has 3 rings (SSSR count). The SMILES string of the molecule is O=[N+]([O-])c1ccccc1CS(=O)(=O)/N=c1/sc(C(F)(F)F)nn1-c1ccc(Cl)cc1. The summed E-state index contributed by atoms with van der Waals surface area (Å²) >= 11 is 5.80. The lowest BCUT2D eigenvalue weighted by Crippen LogP contribution is -2.17. The Morgan fingerprint density at radius 2 is 1.80 bits per heavy atom. The van der Waals surface area contributed by atoms with Crippen molar-refractivity contribution >= 4 is 38.6 Å². The average Bonchev–Trinajstić information content (AvgIpc) is 3.05. The van der Waals surface area contributed by atoms with Crippen LogP contribution in [0.15, 0.2) is 52.9 Å². The first kappa shape index (κ1) is 21.9. The van der Waals surface area contributed by atoms with Gasteiger partial charge in [0.1, 0.15) is 5.75 Å². The van der Waals surface area contributed by atoms with Gasteiger partial charge in [0.25, 0.3) is 15.7 Å². The molecule has 30 heavy (non-hydrogen) atoms. The predicted molar refractivity (Wildman–Crippen MR) is 103 cm³/mol. The van der Waals surface area contributed by atoms with Gasteiger partial charge in [-0.15, -0.1) is 9.50 Å². The molecular weight excluding hydrogens is 469 g/mol. The fourth-order valence-corrected chi connectivity index (χ4v) is 4.64. The summed E-state index contributed by atoms with van der Waals surface area (Å²) < 4.78 is 68.6. The summed E-state index contributed by atoms with van der Waals surface area (Å²) in [5.74, 6) is -0.871. The highest BCUT2D eigenvalue weighted by Crippen LogP contribution is 2.30. The van der Waals surface area contributed by atoms with Crippen LogP contribution < -0.4 is 4.80 Å². The van der Waals surface area contributed by atoms with Gasteiger partial charge in [-0.3, -0.25) is 10.1 Å². The Hall–Kier alpha value is -2.77. The smallest absolute Gasteiger partial charge is 0.258 e. The first-order chi connectivity index (χ1) is 14.0. The Balaban J connectivity index is 2.12. The second-order valence-electron chi connectivity index (χ2n) is 5.78. The Bertz CT molecular complexity index is 1270. The van der Waals surface area contributed by atoms with Crippen LogP contribution in [0, 0.1) is 10.1 Å². The van der Waals surface area contributed by atoms with Gasteiger partial charge in [0.15, 0.2) is 0 Å². The van der Waals surface area contributed by atoms with E-state index < -0.39 is 42.4 Å². The van der Waals surface area contributed by atoms with Crippen LogP contribution in [0.3, 0.4) is 0 Å². The molecule has 0 amide bonds. The fourth-order valence-electron chi connectivity index (χ4n) is 2.36. The van der Waals surface area contributed by atoms with E-state index in [1.165, 1.54) is 42.5 Å². The molecule has 158 valence electrons. The minimum atomic E-state index is -4.82. The molecule has 0 unspecified atom stereocenters. The monoisotopic (exact) mass is 478 g/mol. The van der Waals surface area contributed by atoms with Gasteiger partial charge >= 0.3 is 6.18 Å². The lowest BCUT2D eigenvalue weighted by atomic mass is 10.2. The van der Waals surface area contributed by atoms with E-state index in [4.69, 9.17) is 11.6 Å². The van der Waals surface area contributed by atoms with Crippen molar-refractivity contribution in [1.82, 2.24) is 9.78 Å². The molecule has 14 heteroatoms. The number of rotatable bonds is 5. The van der Waals surface area contributed by atoms with E-state index in [0.717, 1.165) is 10.7 Å². The summed E-state index contributed by atoms with van der Waals surface area (Å²) in [4.78, 5) is 9.76. The molecule has 0 bridgehead atoms. The first-order valence-corrected chi connectivity index (χ1v) is 10.7. The van der Waals surface area contributed by atoms with E-state index in [9.17, 15) is 31.7 Å². The van der Waals surface area contributed by atoms with Gasteiger partial charge in [-0.2, -0.15) is 13.2 Å². The van der Waals surface area contributed by atoms with Gasteiger partial charge < -0.3 is 0 Å². The maximum absolute atomic E-state index is 13.1. The molecule has 0 fully saturated rings. The van der Waals surface area contributed by atoms with E-state index in [1.54, 1.807) is 0 Å². The van der Waals surface area contributed by atoms with Crippen LogP contribution in [0.5, 0.6) is 0 Å². The molecule has 1 heterocycles. The van der Waals surface area contributed by atoms with Crippen molar-refractivity contribution in [2.45, 2.75) is 11.9 Å². The highest BCUT2D eigenvalue weighted by Gasteiger charge is 2.36. The number of para-hydroxylation sites is 1. The molecule has 0 radical (unpaired) electrons. The summed E-state index contributed by atoms with van der Waals surface area (Å²) in [6.07, 6.45) is -4.82. The summed E-state index contributed by atoms with van der Waals surface area (Å²) in [7, 11) is -4.44. The van der Waals surface area contributed by atoms with Crippen molar-refractivity contribution in [1.29, 1.82) is 0 Å². The van der Waals surface area contributed by atoms with Crippen molar-refractivity contribution in [3.05, 3.63) is 79.0 Å². The number of aromatic nitrogens is 2. The molecule has 0 spiro atoms. The molecule has 0 aliphatic rings. The van der Waals surface area contributed by atoms with Crippen LogP contribution in [0.2, 0.25) is 5.02 Å². The van der Waals surface area contributed by atoms with E-state index in [1.807, 2.05) is 0 Å². The Morgan fingerprint density at radius 1 is 1.17 bits per heavy atom. The minimum absolute atomic E-state index is 0.0276. The third-order valence-electron chi connectivity index (χ3n) is 3.62. The summed E-state index contributed by atoms with van der Waals surface area (Å²) in [6.45, 7) is 0. The zero-order chi connectivity index (χ0) is 22.1. The van der Waals surface area contributed by atoms with Crippen LogP contribution >= 0.6 is 22.9 Å². The van der Waals surface area contributed by atoms with Crippen LogP contribution in [-0.4, -0.2) is 23.1 Å². The Morgan fingerprint density at radius 3 is 2.40 bits per heavy atom. The van der Waals surface area contributed by atoms with Gasteiger partial charge in [-0.25, -0.2) is 13.1 Å². The van der Waals surface area contributed by atoms with E-state index in [-0.39, 0.29) is 22.6 Å². The number of nitro groups is 1. The second kappa shape index (κ2) is 8.16. The number of nitrogens with zero attached hydrogens (tertiary/aromatic N) is 4. The van der Waals surface area contributed by atoms with Gasteiger partial charge in [0.05, 0.1) is 10.6 Å². The molecular formula is C16H10ClF3N4O4S2. The second-order valence-corrected chi connectivity index (χ2v) is 8.81. The number of halogens is 4. The highest BCUT2D eigenvalue weighted by molar-refractivity contribution is 7.89. The molecule has 8 nitrogen and oxygen atoms in total. The van der Waals surface area contributed by atoms with Crippen molar-refractivity contribution in [3.8, 4) is 5.69 Å². The molecule has 0 saturated heterocycles. The van der Waals surface area contributed by atoms with Crippen LogP contribution in [0.4, 0.5) is 18.9 Å². The van der Waals surface area contributed by atoms with Gasteiger partial charge in [-0.1, -0.05) is 41.1 Å². The largest absolute Gasteiger partial charge is 0.445 e. The molecule has 3 aromatic rings. The molecule has 0 N–H and O–H groups in total. The average molecular weight is 479 g/mol. The van der Waals surface area contributed by atoms with Crippen molar-refractivity contribution < 1.29 is 26.5 Å². The summed E-state index contributed by atoms with van der Waals surface area (Å²) in [5, 5.41) is 13.5. The van der Waals surface area contributed by atoms with E-state index >= 15 is 0 Å². The van der Waals surface area contributed by atoms with Crippen LogP contribution in [0.25, 0.3) is 5.69 Å². The van der Waals surface area contributed by atoms with Crippen molar-refractivity contribution in [3.63, 3.8) is 0 Å². The number of hydrogen-bond donors (Lipinski definition) is 0. The lowest BCUT2D eigenvalue weighted by Gasteiger charge is -2.03. The third-order valence-corrected chi connectivity index (χ3v) is 6.06. The minimum Gasteiger partial charge on any atom is -0.258 e. The fraction of sp³-hybridized carbons (Fsp3) is 0.125. The molecule has 0 aliphatic carbocycles. The zero-order valence-electron chi connectivity index (χ0n) is 14.6. The molecule has 0 aliphatic heterocycles. The topological polar surface area (TPSA) is 107 Å². The molecule has 0 atom stereocenters. The molecule has 0 saturated carbocycles. The Labute approximate surface area is 176 Å². The standard InChI is InChI=1S/C16H10ClF3N4O4S2/c17-11-5-7-12(8-6-11)23-15(29-14(21-23)16(18,19)20)22-30(27,28)9-10-3-1-2-4-13(10)24(25)26/h1-8H,9H2/b22-15+. The highest BCUT2D eigenvalue weighted by atomic mass is 35.5. The van der Waals surface area contributed by atoms with E-state index in [0.29, 0.717) is 5.02 Å². The van der Waals surface area contributed by atoms with Gasteiger partial charge in [0, 0.05) is 16.7 Å². The molecule has 2 aromatic carbocycles. The normalized spacial score (nSPS) is 12.9. The van der Waals surface area contributed by atoms with Crippen molar-refractivity contribution in [2.75, 3.05) is 0 Å². The quantitative estimate of drug-likeness (QED) is 0.407. The van der Waals surface area contributed by atoms with Gasteiger partial charge in [0.2, 0.25) is 9.81 Å². The molecule has 1 aromatic heterocycles. The predicted octanol–water partition coefficient (Wildman–Crippen LogP) is 3.94. The summed E-state index contributed by atoms with van der Waals surface area (Å²) in [5.41, 5.74) is -0.488. The number of alkyl halides is 3. The maximum Gasteiger partial charge on any atom is 0.445 e. The third kappa shape index (κ3) is 5.04. The first-order valence-electron chi connectivity index (χ1n) is 7.90. The maximum atomic E-state index is 13.1. The zero-order valence-corrected chi connectivity index (χ0v) is 17.0. The van der Waals surface area contributed by atoms with Crippen LogP contribution in [-0.2, 0) is 22.0 Å². The Kier molecular flexibility index (Phi) is 5.97. The summed E-state index contributed by atoms with van der Waals surface area (Å²) in [6, 6.07) is 10.6. The number of benzene rings is 2. The van der Waals surface area contributed by atoms with Crippen LogP contribution in [0.1, 0.15) is 10.6 Å². The number of sulfonamides is 1. The number of hydrogen-bond acceptors (Lipinski definition) is 6. The van der Waals surface area contributed by atoms with E-state index in [2.05, 4.69) is 9.50 Å². The lowest BCUT2D eigenvalue weighted by molar-refractivity contribution is -0.385. The van der Waals surface area contributed by atoms with Crippen molar-refractivity contribution in [2.24, 2.45) is 4.40 Å².